The van der Waals surface area contributed by atoms with E-state index in [1.165, 1.54) is 62.8 Å². The van der Waals surface area contributed by atoms with Crippen LogP contribution in [0.1, 0.15) is 51.4 Å². The molecule has 1 fully saturated rings. The molecular weight excluding hydrogens is 252 g/mol. The lowest BCUT2D eigenvalue weighted by molar-refractivity contribution is 0.138. The van der Waals surface area contributed by atoms with Crippen molar-refractivity contribution in [3.05, 3.63) is 0 Å². The fourth-order valence-electron chi connectivity index (χ4n) is 3.21. The molecule has 0 spiro atoms. The highest BCUT2D eigenvalue weighted by Crippen LogP contribution is 2.32. The minimum Gasteiger partial charge on any atom is -0.465 e. The van der Waals surface area contributed by atoms with Crippen LogP contribution < -0.4 is 0 Å². The fraction of sp³-hybridized carbons (Fsp3) is 0.938. The average Bonchev–Trinajstić information content (AvgIpc) is 2.39. The molecule has 1 aliphatic rings. The molecule has 0 saturated heterocycles. The summed E-state index contributed by atoms with van der Waals surface area (Å²) in [6.45, 7) is 1.92. The van der Waals surface area contributed by atoms with Crippen LogP contribution in [0.2, 0.25) is 0 Å². The summed E-state index contributed by atoms with van der Waals surface area (Å²) in [7, 11) is 5.95. The molecule has 1 N–H and O–H groups in total. The highest BCUT2D eigenvalue weighted by molar-refractivity contribution is 5.64. The zero-order chi connectivity index (χ0) is 15.0. The van der Waals surface area contributed by atoms with E-state index in [0.717, 1.165) is 5.92 Å². The van der Waals surface area contributed by atoms with Crippen LogP contribution in [0.5, 0.6) is 0 Å². The van der Waals surface area contributed by atoms with Crippen LogP contribution >= 0.6 is 0 Å². The van der Waals surface area contributed by atoms with Gasteiger partial charge in [-0.2, -0.15) is 0 Å². The molecule has 1 saturated carbocycles. The van der Waals surface area contributed by atoms with E-state index in [0.29, 0.717) is 12.5 Å². The molecule has 0 aliphatic heterocycles. The summed E-state index contributed by atoms with van der Waals surface area (Å²) in [4.78, 5) is 14.5. The Bertz CT molecular complexity index is 274. The molecule has 118 valence electrons. The molecule has 1 amide bonds. The lowest BCUT2D eigenvalue weighted by Gasteiger charge is -2.30. The molecule has 0 aromatic rings. The minimum absolute atomic E-state index is 0.584. The van der Waals surface area contributed by atoms with Crippen LogP contribution in [0, 0.1) is 11.8 Å². The van der Waals surface area contributed by atoms with Crippen LogP contribution in [0.3, 0.4) is 0 Å². The van der Waals surface area contributed by atoms with E-state index in [4.69, 9.17) is 5.11 Å². The third kappa shape index (κ3) is 7.13. The van der Waals surface area contributed by atoms with Crippen LogP contribution in [0.15, 0.2) is 0 Å². The molecule has 0 bridgehead atoms. The first-order chi connectivity index (χ1) is 9.49. The van der Waals surface area contributed by atoms with Gasteiger partial charge in [0.1, 0.15) is 0 Å². The van der Waals surface area contributed by atoms with E-state index in [9.17, 15) is 4.79 Å². The van der Waals surface area contributed by atoms with Gasteiger partial charge in [-0.1, -0.05) is 32.1 Å². The van der Waals surface area contributed by atoms with Crippen molar-refractivity contribution in [2.45, 2.75) is 51.4 Å². The molecule has 4 heteroatoms. The smallest absolute Gasteiger partial charge is 0.407 e. The maximum atomic E-state index is 10.8. The molecule has 1 aliphatic carbocycles. The first kappa shape index (κ1) is 17.3. The number of carbonyl (C=O) groups is 1. The zero-order valence-electron chi connectivity index (χ0n) is 13.5. The molecule has 4 nitrogen and oxygen atoms in total. The number of rotatable bonds is 8. The van der Waals surface area contributed by atoms with Crippen LogP contribution in [0.4, 0.5) is 4.79 Å². The van der Waals surface area contributed by atoms with Gasteiger partial charge in [-0.3, -0.25) is 0 Å². The Labute approximate surface area is 124 Å². The van der Waals surface area contributed by atoms with Crippen LogP contribution in [-0.4, -0.2) is 55.2 Å². The van der Waals surface area contributed by atoms with Crippen LogP contribution in [-0.2, 0) is 0 Å². The van der Waals surface area contributed by atoms with Gasteiger partial charge in [0.15, 0.2) is 0 Å². The van der Waals surface area contributed by atoms with Gasteiger partial charge in [-0.05, 0) is 51.7 Å². The highest BCUT2D eigenvalue weighted by Gasteiger charge is 2.22. The van der Waals surface area contributed by atoms with Gasteiger partial charge in [-0.15, -0.1) is 0 Å². The summed E-state index contributed by atoms with van der Waals surface area (Å²) in [6, 6.07) is 0. The Balaban J connectivity index is 2.06. The summed E-state index contributed by atoms with van der Waals surface area (Å²) >= 11 is 0. The van der Waals surface area contributed by atoms with E-state index < -0.39 is 6.09 Å². The SMILES string of the molecule is CN(C)CCCCCC1CCC(CN(C)C(=O)O)CC1. The summed E-state index contributed by atoms with van der Waals surface area (Å²) in [6.07, 6.45) is 9.60. The van der Waals surface area contributed by atoms with Crippen molar-refractivity contribution in [1.29, 1.82) is 0 Å². The first-order valence-corrected chi connectivity index (χ1v) is 8.07. The Hall–Kier alpha value is -0.770. The third-order valence-electron chi connectivity index (χ3n) is 4.54. The molecule has 0 aromatic carbocycles. The lowest BCUT2D eigenvalue weighted by Crippen LogP contribution is -2.32. The second kappa shape index (κ2) is 9.22. The van der Waals surface area contributed by atoms with Gasteiger partial charge in [-0.25, -0.2) is 4.79 Å². The van der Waals surface area contributed by atoms with Gasteiger partial charge in [0.05, 0.1) is 0 Å². The van der Waals surface area contributed by atoms with Crippen LogP contribution in [0.25, 0.3) is 0 Å². The number of amides is 1. The normalized spacial score (nSPS) is 23.0. The van der Waals surface area contributed by atoms with Crippen molar-refractivity contribution < 1.29 is 9.90 Å². The van der Waals surface area contributed by atoms with E-state index >= 15 is 0 Å². The summed E-state index contributed by atoms with van der Waals surface area (Å²) < 4.78 is 0. The minimum atomic E-state index is -0.798. The molecule has 0 atom stereocenters. The largest absolute Gasteiger partial charge is 0.465 e. The second-order valence-electron chi connectivity index (χ2n) is 6.70. The fourth-order valence-corrected chi connectivity index (χ4v) is 3.21. The average molecular weight is 284 g/mol. The quantitative estimate of drug-likeness (QED) is 0.694. The number of nitrogens with zero attached hydrogens (tertiary/aromatic N) is 2. The number of unbranched alkanes of at least 4 members (excludes halogenated alkanes) is 2. The van der Waals surface area contributed by atoms with E-state index in [2.05, 4.69) is 19.0 Å². The van der Waals surface area contributed by atoms with Gasteiger partial charge in [0.25, 0.3) is 0 Å². The maximum Gasteiger partial charge on any atom is 0.407 e. The highest BCUT2D eigenvalue weighted by atomic mass is 16.4. The van der Waals surface area contributed by atoms with Gasteiger partial charge >= 0.3 is 6.09 Å². The molecule has 0 unspecified atom stereocenters. The second-order valence-corrected chi connectivity index (χ2v) is 6.70. The van der Waals surface area contributed by atoms with Crippen molar-refractivity contribution >= 4 is 6.09 Å². The van der Waals surface area contributed by atoms with Crippen molar-refractivity contribution in [2.75, 3.05) is 34.2 Å². The van der Waals surface area contributed by atoms with Gasteiger partial charge in [0, 0.05) is 13.6 Å². The Morgan fingerprint density at radius 3 is 2.15 bits per heavy atom. The van der Waals surface area contributed by atoms with Crippen molar-refractivity contribution in [3.63, 3.8) is 0 Å². The van der Waals surface area contributed by atoms with Crippen molar-refractivity contribution in [2.24, 2.45) is 11.8 Å². The van der Waals surface area contributed by atoms with E-state index in [1.54, 1.807) is 7.05 Å². The number of hydrogen-bond acceptors (Lipinski definition) is 2. The predicted molar refractivity (Wildman–Crippen MR) is 83.1 cm³/mol. The zero-order valence-corrected chi connectivity index (χ0v) is 13.5. The maximum absolute atomic E-state index is 10.8. The number of hydrogen-bond donors (Lipinski definition) is 1. The monoisotopic (exact) mass is 284 g/mol. The first-order valence-electron chi connectivity index (χ1n) is 8.07. The Morgan fingerprint density at radius 1 is 1.00 bits per heavy atom. The summed E-state index contributed by atoms with van der Waals surface area (Å²) in [5, 5.41) is 8.89. The molecule has 0 radical (unpaired) electrons. The summed E-state index contributed by atoms with van der Waals surface area (Å²) in [5.74, 6) is 1.47. The Kier molecular flexibility index (Phi) is 7.97. The molecule has 0 heterocycles. The topological polar surface area (TPSA) is 43.8 Å². The van der Waals surface area contributed by atoms with E-state index in [-0.39, 0.29) is 0 Å². The van der Waals surface area contributed by atoms with E-state index in [1.807, 2.05) is 0 Å². The number of carboxylic acid groups (broad SMARTS) is 1. The molecular formula is C16H32N2O2. The van der Waals surface area contributed by atoms with Crippen molar-refractivity contribution in [3.8, 4) is 0 Å². The Morgan fingerprint density at radius 2 is 1.60 bits per heavy atom. The van der Waals surface area contributed by atoms with Gasteiger partial charge in [0.2, 0.25) is 0 Å². The van der Waals surface area contributed by atoms with Crippen molar-refractivity contribution in [1.82, 2.24) is 9.80 Å². The molecule has 1 rings (SSSR count). The third-order valence-corrected chi connectivity index (χ3v) is 4.54. The molecule has 20 heavy (non-hydrogen) atoms. The lowest BCUT2D eigenvalue weighted by atomic mass is 9.79. The van der Waals surface area contributed by atoms with Gasteiger partial charge < -0.3 is 14.9 Å². The standard InChI is InChI=1S/C16H32N2O2/c1-17(2)12-6-4-5-7-14-8-10-15(11-9-14)13-18(3)16(19)20/h14-15H,4-13H2,1-3H3,(H,19,20). The molecule has 0 aromatic heterocycles. The predicted octanol–water partition coefficient (Wildman–Crippen LogP) is 3.52. The summed E-state index contributed by atoms with van der Waals surface area (Å²) in [5.41, 5.74) is 0.